The number of hydrogen-bond donors (Lipinski definition) is 1. The highest BCUT2D eigenvalue weighted by Gasteiger charge is 2.36. The van der Waals surface area contributed by atoms with Gasteiger partial charge < -0.3 is 15.0 Å². The van der Waals surface area contributed by atoms with Gasteiger partial charge in [-0.05, 0) is 50.5 Å². The molecule has 1 fully saturated rings. The highest BCUT2D eigenvalue weighted by Crippen LogP contribution is 2.36. The number of Topliss-reactive ketones (excluding diaryl/α,β-unsaturated/α-hetero) is 1. The Bertz CT molecular complexity index is 1020. The molecule has 2 aromatic rings. The quantitative estimate of drug-likeness (QED) is 0.765. The van der Waals surface area contributed by atoms with Crippen LogP contribution in [0.3, 0.4) is 0 Å². The van der Waals surface area contributed by atoms with E-state index in [2.05, 4.69) is 5.32 Å². The monoisotopic (exact) mass is 404 g/mol. The molecule has 0 bridgehead atoms. The van der Waals surface area contributed by atoms with E-state index in [-0.39, 0.29) is 11.7 Å². The van der Waals surface area contributed by atoms with Crippen LogP contribution < -0.4 is 5.32 Å². The first-order valence-corrected chi connectivity index (χ1v) is 10.3. The number of likely N-dealkylation sites (tertiary alicyclic amines) is 1. The highest BCUT2D eigenvalue weighted by molar-refractivity contribution is 6.37. The van der Waals surface area contributed by atoms with Gasteiger partial charge in [0, 0.05) is 29.9 Å². The molecule has 6 heteroatoms. The number of piperidine rings is 1. The van der Waals surface area contributed by atoms with Crippen molar-refractivity contribution < 1.29 is 19.1 Å². The number of esters is 1. The fraction of sp³-hybridized carbons (Fsp3) is 0.292. The van der Waals surface area contributed by atoms with Gasteiger partial charge in [-0.2, -0.15) is 0 Å². The molecular formula is C24H24N2O4. The van der Waals surface area contributed by atoms with Crippen molar-refractivity contribution in [1.82, 2.24) is 4.90 Å². The number of nitrogens with zero attached hydrogens (tertiary/aromatic N) is 1. The molecule has 154 valence electrons. The second kappa shape index (κ2) is 8.53. The number of ether oxygens (including phenoxy) is 1. The minimum Gasteiger partial charge on any atom is -0.462 e. The van der Waals surface area contributed by atoms with Crippen molar-refractivity contribution >= 4 is 28.9 Å². The van der Waals surface area contributed by atoms with Crippen molar-refractivity contribution in [3.63, 3.8) is 0 Å². The van der Waals surface area contributed by atoms with Crippen LogP contribution in [0.2, 0.25) is 0 Å². The van der Waals surface area contributed by atoms with Crippen LogP contribution in [0.25, 0.3) is 5.57 Å². The maximum atomic E-state index is 13.3. The molecule has 6 nitrogen and oxygen atoms in total. The average Bonchev–Trinajstić information content (AvgIpc) is 3.08. The number of allylic oxidation sites excluding steroid dienone is 1. The number of anilines is 1. The normalized spacial score (nSPS) is 15.8. The van der Waals surface area contributed by atoms with Crippen molar-refractivity contribution in [3.05, 3.63) is 70.9 Å². The van der Waals surface area contributed by atoms with Gasteiger partial charge in [0.1, 0.15) is 0 Å². The van der Waals surface area contributed by atoms with Crippen molar-refractivity contribution in [1.29, 1.82) is 0 Å². The standard InChI is InChI=1S/C24H24N2O4/c1-2-30-24(29)16-10-12-17(13-11-16)25-23(28)20-18-8-4-5-9-19(18)22(27)21(20)26-14-6-3-7-15-26/h4-5,8-13H,2-3,6-7,14-15H2,1H3,(H,25,28). The minimum absolute atomic E-state index is 0.0877. The maximum absolute atomic E-state index is 13.3. The molecule has 0 spiro atoms. The summed E-state index contributed by atoms with van der Waals surface area (Å²) in [6, 6.07) is 13.8. The molecule has 1 heterocycles. The number of hydrogen-bond acceptors (Lipinski definition) is 5. The van der Waals surface area contributed by atoms with E-state index in [1.54, 1.807) is 37.3 Å². The second-order valence-electron chi connectivity index (χ2n) is 7.40. The first-order valence-electron chi connectivity index (χ1n) is 10.3. The number of carbonyl (C=O) groups excluding carboxylic acids is 3. The molecule has 2 aromatic carbocycles. The SMILES string of the molecule is CCOC(=O)c1ccc(NC(=O)C2=C(N3CCCCC3)C(=O)c3ccccc32)cc1. The maximum Gasteiger partial charge on any atom is 0.338 e. The van der Waals surface area contributed by atoms with Crippen LogP contribution in [-0.2, 0) is 9.53 Å². The summed E-state index contributed by atoms with van der Waals surface area (Å²) in [5.41, 5.74) is 3.13. The molecule has 1 aliphatic heterocycles. The number of fused-ring (bicyclic) bond motifs is 1. The molecule has 1 N–H and O–H groups in total. The van der Waals surface area contributed by atoms with Crippen molar-refractivity contribution in [2.24, 2.45) is 0 Å². The van der Waals surface area contributed by atoms with E-state index in [0.29, 0.717) is 40.3 Å². The molecule has 1 amide bonds. The van der Waals surface area contributed by atoms with Crippen LogP contribution in [0, 0.1) is 0 Å². The molecule has 0 unspecified atom stereocenters. The molecular weight excluding hydrogens is 380 g/mol. The number of amides is 1. The summed E-state index contributed by atoms with van der Waals surface area (Å²) in [4.78, 5) is 40.2. The predicted molar refractivity (Wildman–Crippen MR) is 114 cm³/mol. The lowest BCUT2D eigenvalue weighted by Gasteiger charge is -2.29. The van der Waals surface area contributed by atoms with E-state index in [1.807, 2.05) is 23.1 Å². The van der Waals surface area contributed by atoms with Crippen molar-refractivity contribution in [2.45, 2.75) is 26.2 Å². The lowest BCUT2D eigenvalue weighted by Crippen LogP contribution is -2.33. The van der Waals surface area contributed by atoms with E-state index in [9.17, 15) is 14.4 Å². The third-order valence-electron chi connectivity index (χ3n) is 5.45. The van der Waals surface area contributed by atoms with Crippen molar-refractivity contribution in [2.75, 3.05) is 25.0 Å². The Morgan fingerprint density at radius 3 is 2.30 bits per heavy atom. The fourth-order valence-electron chi connectivity index (χ4n) is 4.01. The lowest BCUT2D eigenvalue weighted by molar-refractivity contribution is -0.111. The molecule has 1 aliphatic carbocycles. The van der Waals surface area contributed by atoms with E-state index < -0.39 is 5.97 Å². The van der Waals surface area contributed by atoms with Gasteiger partial charge in [0.2, 0.25) is 5.78 Å². The third-order valence-corrected chi connectivity index (χ3v) is 5.45. The average molecular weight is 404 g/mol. The smallest absolute Gasteiger partial charge is 0.338 e. The summed E-state index contributed by atoms with van der Waals surface area (Å²) in [5.74, 6) is -0.811. The van der Waals surface area contributed by atoms with Gasteiger partial charge in [-0.3, -0.25) is 9.59 Å². The molecule has 0 atom stereocenters. The van der Waals surface area contributed by atoms with E-state index in [0.717, 1.165) is 32.4 Å². The lowest BCUT2D eigenvalue weighted by atomic mass is 10.0. The van der Waals surface area contributed by atoms with Crippen LogP contribution in [0.15, 0.2) is 54.2 Å². The Hall–Kier alpha value is -3.41. The zero-order valence-electron chi connectivity index (χ0n) is 16.9. The fourth-order valence-corrected chi connectivity index (χ4v) is 4.01. The number of carbonyl (C=O) groups is 3. The Kier molecular flexibility index (Phi) is 5.65. The molecule has 30 heavy (non-hydrogen) atoms. The summed E-state index contributed by atoms with van der Waals surface area (Å²) >= 11 is 0. The van der Waals surface area contributed by atoms with Gasteiger partial charge >= 0.3 is 5.97 Å². The van der Waals surface area contributed by atoms with E-state index in [1.165, 1.54) is 0 Å². The Morgan fingerprint density at radius 2 is 1.63 bits per heavy atom. The summed E-state index contributed by atoms with van der Waals surface area (Å²) in [6.07, 6.45) is 3.16. The van der Waals surface area contributed by atoms with Crippen LogP contribution in [0.4, 0.5) is 5.69 Å². The van der Waals surface area contributed by atoms with Crippen LogP contribution >= 0.6 is 0 Å². The van der Waals surface area contributed by atoms with Crippen LogP contribution in [-0.4, -0.2) is 42.3 Å². The van der Waals surface area contributed by atoms with Crippen LogP contribution in [0.1, 0.15) is 52.5 Å². The van der Waals surface area contributed by atoms with Gasteiger partial charge in [0.25, 0.3) is 5.91 Å². The largest absolute Gasteiger partial charge is 0.462 e. The molecule has 0 radical (unpaired) electrons. The third kappa shape index (κ3) is 3.73. The number of ketones is 1. The molecule has 4 rings (SSSR count). The molecule has 0 aromatic heterocycles. The summed E-state index contributed by atoms with van der Waals surface area (Å²) in [7, 11) is 0. The van der Waals surface area contributed by atoms with E-state index >= 15 is 0 Å². The number of benzene rings is 2. The highest BCUT2D eigenvalue weighted by atomic mass is 16.5. The Balaban J connectivity index is 1.63. The summed E-state index contributed by atoms with van der Waals surface area (Å²) < 4.78 is 4.99. The zero-order chi connectivity index (χ0) is 21.1. The molecule has 2 aliphatic rings. The van der Waals surface area contributed by atoms with Gasteiger partial charge in [0.05, 0.1) is 23.4 Å². The Morgan fingerprint density at radius 1 is 0.967 bits per heavy atom. The second-order valence-corrected chi connectivity index (χ2v) is 7.40. The zero-order valence-corrected chi connectivity index (χ0v) is 16.9. The number of rotatable bonds is 5. The van der Waals surface area contributed by atoms with Gasteiger partial charge in [-0.1, -0.05) is 24.3 Å². The topological polar surface area (TPSA) is 75.7 Å². The van der Waals surface area contributed by atoms with Gasteiger partial charge in [-0.15, -0.1) is 0 Å². The van der Waals surface area contributed by atoms with Crippen molar-refractivity contribution in [3.8, 4) is 0 Å². The predicted octanol–water partition coefficient (Wildman–Crippen LogP) is 3.90. The molecule has 0 saturated carbocycles. The first-order chi connectivity index (χ1) is 14.6. The van der Waals surface area contributed by atoms with E-state index in [4.69, 9.17) is 4.74 Å². The van der Waals surface area contributed by atoms with Crippen LogP contribution in [0.5, 0.6) is 0 Å². The van der Waals surface area contributed by atoms with Gasteiger partial charge in [-0.25, -0.2) is 4.79 Å². The Labute approximate surface area is 175 Å². The first kappa shape index (κ1) is 19.9. The summed E-state index contributed by atoms with van der Waals surface area (Å²) in [5, 5.41) is 2.88. The van der Waals surface area contributed by atoms with Gasteiger partial charge in [0.15, 0.2) is 0 Å². The summed E-state index contributed by atoms with van der Waals surface area (Å²) in [6.45, 7) is 3.61. The number of nitrogens with one attached hydrogen (secondary N) is 1. The molecule has 1 saturated heterocycles. The minimum atomic E-state index is -0.402.